The zero-order valence-electron chi connectivity index (χ0n) is 13.0. The van der Waals surface area contributed by atoms with E-state index in [9.17, 15) is 14.4 Å². The van der Waals surface area contributed by atoms with Gasteiger partial charge in [0.15, 0.2) is 0 Å². The van der Waals surface area contributed by atoms with Crippen LogP contribution in [0.5, 0.6) is 0 Å². The Kier molecular flexibility index (Phi) is 8.37. The summed E-state index contributed by atoms with van der Waals surface area (Å²) in [6.07, 6.45) is 0.271. The van der Waals surface area contributed by atoms with Gasteiger partial charge in [-0.05, 0) is 13.3 Å². The largest absolute Gasteiger partial charge is 0.480 e. The lowest BCUT2D eigenvalue weighted by molar-refractivity contribution is -0.144. The number of carboxylic acid groups (broad SMARTS) is 1. The van der Waals surface area contributed by atoms with E-state index in [2.05, 4.69) is 10.1 Å². The fourth-order valence-electron chi connectivity index (χ4n) is 1.45. The van der Waals surface area contributed by atoms with Gasteiger partial charge < -0.3 is 24.8 Å². The number of rotatable bonds is 9. The first-order valence-electron chi connectivity index (χ1n) is 6.67. The van der Waals surface area contributed by atoms with Crippen molar-refractivity contribution in [2.45, 2.75) is 32.2 Å². The molecule has 0 aliphatic rings. The van der Waals surface area contributed by atoms with Crippen LogP contribution in [0.2, 0.25) is 0 Å². The first-order chi connectivity index (χ1) is 9.80. The first-order valence-corrected chi connectivity index (χ1v) is 6.67. The minimum absolute atomic E-state index is 0.0313. The molecule has 21 heavy (non-hydrogen) atoms. The summed E-state index contributed by atoms with van der Waals surface area (Å²) >= 11 is 0. The van der Waals surface area contributed by atoms with Gasteiger partial charge in [0.1, 0.15) is 5.54 Å². The Labute approximate surface area is 124 Å². The fraction of sp³-hybridized carbons (Fsp3) is 0.769. The second-order valence-electron chi connectivity index (χ2n) is 4.73. The van der Waals surface area contributed by atoms with Gasteiger partial charge in [-0.1, -0.05) is 6.92 Å². The lowest BCUT2D eigenvalue weighted by atomic mass is 10.00. The molecule has 1 unspecified atom stereocenters. The molecule has 0 saturated heterocycles. The van der Waals surface area contributed by atoms with E-state index in [0.29, 0.717) is 0 Å². The molecule has 1 atom stereocenters. The molecule has 0 aromatic heterocycles. The molecular formula is C13H24N2O6. The van der Waals surface area contributed by atoms with Gasteiger partial charge in [-0.3, -0.25) is 4.79 Å². The molecule has 0 aliphatic heterocycles. The van der Waals surface area contributed by atoms with Gasteiger partial charge in [-0.25, -0.2) is 9.59 Å². The van der Waals surface area contributed by atoms with E-state index in [0.717, 1.165) is 0 Å². The summed E-state index contributed by atoms with van der Waals surface area (Å²) < 4.78 is 9.43. The standard InChI is InChI=1S/C13H24N2O6/c1-5-13(2,11(17)18)14-12(19)15(8-9-20-3)7-6-10(16)21-4/h5-9H2,1-4H3,(H,14,19)(H,17,18). The summed E-state index contributed by atoms with van der Waals surface area (Å²) in [6.45, 7) is 3.76. The van der Waals surface area contributed by atoms with Crippen molar-refractivity contribution in [2.75, 3.05) is 33.9 Å². The van der Waals surface area contributed by atoms with Gasteiger partial charge in [0.05, 0.1) is 20.1 Å². The lowest BCUT2D eigenvalue weighted by Gasteiger charge is -2.29. The van der Waals surface area contributed by atoms with Gasteiger partial charge >= 0.3 is 18.0 Å². The Balaban J connectivity index is 4.77. The van der Waals surface area contributed by atoms with Gasteiger partial charge in [-0.15, -0.1) is 0 Å². The number of hydrogen-bond acceptors (Lipinski definition) is 5. The highest BCUT2D eigenvalue weighted by atomic mass is 16.5. The van der Waals surface area contributed by atoms with Gasteiger partial charge in [-0.2, -0.15) is 0 Å². The summed E-state index contributed by atoms with van der Waals surface area (Å²) in [5.41, 5.74) is -1.35. The van der Waals surface area contributed by atoms with E-state index in [1.807, 2.05) is 0 Å². The van der Waals surface area contributed by atoms with E-state index in [1.165, 1.54) is 26.0 Å². The molecule has 8 nitrogen and oxygen atoms in total. The van der Waals surface area contributed by atoms with Gasteiger partial charge in [0, 0.05) is 20.2 Å². The average Bonchev–Trinajstić information content (AvgIpc) is 2.46. The highest BCUT2D eigenvalue weighted by Gasteiger charge is 2.34. The van der Waals surface area contributed by atoms with Crippen LogP contribution in [-0.2, 0) is 19.1 Å². The quantitative estimate of drug-likeness (QED) is 0.600. The summed E-state index contributed by atoms with van der Waals surface area (Å²) in [6, 6.07) is -0.553. The molecule has 0 spiro atoms. The van der Waals surface area contributed by atoms with Gasteiger partial charge in [0.25, 0.3) is 0 Å². The number of nitrogens with one attached hydrogen (secondary N) is 1. The molecule has 0 saturated carbocycles. The maximum absolute atomic E-state index is 12.2. The Morgan fingerprint density at radius 1 is 1.24 bits per heavy atom. The number of amides is 2. The number of hydrogen-bond donors (Lipinski definition) is 2. The average molecular weight is 304 g/mol. The molecule has 0 radical (unpaired) electrons. The van der Waals surface area contributed by atoms with E-state index in [4.69, 9.17) is 9.84 Å². The third kappa shape index (κ3) is 6.44. The normalized spacial score (nSPS) is 13.1. The zero-order valence-corrected chi connectivity index (χ0v) is 13.0. The topological polar surface area (TPSA) is 105 Å². The number of aliphatic carboxylic acids is 1. The Morgan fingerprint density at radius 3 is 2.29 bits per heavy atom. The monoisotopic (exact) mass is 304 g/mol. The van der Waals surface area contributed by atoms with Crippen molar-refractivity contribution in [2.24, 2.45) is 0 Å². The Bertz CT molecular complexity index is 374. The second-order valence-corrected chi connectivity index (χ2v) is 4.73. The van der Waals surface area contributed by atoms with Crippen LogP contribution in [0.3, 0.4) is 0 Å². The molecule has 122 valence electrons. The third-order valence-corrected chi connectivity index (χ3v) is 3.23. The number of esters is 1. The van der Waals surface area contributed by atoms with Gasteiger partial charge in [0.2, 0.25) is 0 Å². The van der Waals surface area contributed by atoms with Crippen LogP contribution < -0.4 is 5.32 Å². The lowest BCUT2D eigenvalue weighted by Crippen LogP contribution is -2.56. The number of carbonyl (C=O) groups is 3. The van der Waals surface area contributed by atoms with Crippen LogP contribution in [0.15, 0.2) is 0 Å². The summed E-state index contributed by atoms with van der Waals surface area (Å²) in [4.78, 5) is 35.9. The Morgan fingerprint density at radius 2 is 1.86 bits per heavy atom. The van der Waals surface area contributed by atoms with Crippen LogP contribution in [0, 0.1) is 0 Å². The van der Waals surface area contributed by atoms with E-state index in [1.54, 1.807) is 6.92 Å². The summed E-state index contributed by atoms with van der Waals surface area (Å²) in [5, 5.41) is 11.6. The number of urea groups is 1. The molecule has 2 amide bonds. The van der Waals surface area contributed by atoms with E-state index < -0.39 is 23.5 Å². The molecule has 8 heteroatoms. The van der Waals surface area contributed by atoms with Crippen molar-refractivity contribution in [3.05, 3.63) is 0 Å². The number of methoxy groups -OCH3 is 2. The predicted octanol–water partition coefficient (Wildman–Crippen LogP) is 0.461. The second kappa shape index (κ2) is 9.17. The van der Waals surface area contributed by atoms with Crippen LogP contribution in [0.25, 0.3) is 0 Å². The molecule has 2 N–H and O–H groups in total. The molecule has 0 rings (SSSR count). The van der Waals surface area contributed by atoms with Crippen molar-refractivity contribution >= 4 is 18.0 Å². The van der Waals surface area contributed by atoms with Crippen molar-refractivity contribution in [1.29, 1.82) is 0 Å². The predicted molar refractivity (Wildman–Crippen MR) is 74.9 cm³/mol. The molecule has 0 fully saturated rings. The molecule has 0 heterocycles. The number of carbonyl (C=O) groups excluding carboxylic acids is 2. The summed E-state index contributed by atoms with van der Waals surface area (Å²) in [5.74, 6) is -1.56. The maximum atomic E-state index is 12.2. The third-order valence-electron chi connectivity index (χ3n) is 3.23. The molecular weight excluding hydrogens is 280 g/mol. The van der Waals surface area contributed by atoms with Crippen LogP contribution in [0.1, 0.15) is 26.7 Å². The molecule has 0 aromatic carbocycles. The van der Waals surface area contributed by atoms with Crippen molar-refractivity contribution < 1.29 is 29.0 Å². The number of nitrogens with zero attached hydrogens (tertiary/aromatic N) is 1. The maximum Gasteiger partial charge on any atom is 0.329 e. The highest BCUT2D eigenvalue weighted by molar-refractivity contribution is 5.86. The SMILES string of the molecule is CCC(C)(NC(=O)N(CCOC)CCC(=O)OC)C(=O)O. The highest BCUT2D eigenvalue weighted by Crippen LogP contribution is 2.10. The van der Waals surface area contributed by atoms with Crippen molar-refractivity contribution in [3.8, 4) is 0 Å². The van der Waals surface area contributed by atoms with E-state index >= 15 is 0 Å². The van der Waals surface area contributed by atoms with Crippen LogP contribution in [-0.4, -0.2) is 67.4 Å². The summed E-state index contributed by atoms with van der Waals surface area (Å²) in [7, 11) is 2.75. The van der Waals surface area contributed by atoms with E-state index in [-0.39, 0.29) is 32.5 Å². The first kappa shape index (κ1) is 19.2. The van der Waals surface area contributed by atoms with Crippen molar-refractivity contribution in [1.82, 2.24) is 10.2 Å². The molecule has 0 aromatic rings. The fourth-order valence-corrected chi connectivity index (χ4v) is 1.45. The van der Waals surface area contributed by atoms with Crippen LogP contribution >= 0.6 is 0 Å². The smallest absolute Gasteiger partial charge is 0.329 e. The number of carboxylic acids is 1. The van der Waals surface area contributed by atoms with Crippen LogP contribution in [0.4, 0.5) is 4.79 Å². The number of ether oxygens (including phenoxy) is 2. The minimum Gasteiger partial charge on any atom is -0.480 e. The zero-order chi connectivity index (χ0) is 16.5. The molecule has 0 bridgehead atoms. The molecule has 0 aliphatic carbocycles. The minimum atomic E-state index is -1.35. The van der Waals surface area contributed by atoms with Crippen molar-refractivity contribution in [3.63, 3.8) is 0 Å². The Hall–Kier alpha value is -1.83.